The molecule has 0 N–H and O–H groups in total. The van der Waals surface area contributed by atoms with Crippen molar-refractivity contribution < 1.29 is 0 Å². The van der Waals surface area contributed by atoms with Crippen LogP contribution in [0.1, 0.15) is 0 Å². The predicted molar refractivity (Wildman–Crippen MR) is 129 cm³/mol. The molecule has 0 saturated carbocycles. The molecular formula is C28H18N4. The van der Waals surface area contributed by atoms with Gasteiger partial charge in [0.15, 0.2) is 11.6 Å². The second kappa shape index (κ2) is 7.67. The monoisotopic (exact) mass is 410 g/mol. The average Bonchev–Trinajstić information content (AvgIpc) is 2.88. The van der Waals surface area contributed by atoms with Crippen molar-refractivity contribution in [3.8, 4) is 33.9 Å². The fourth-order valence-corrected chi connectivity index (χ4v) is 3.92. The first-order chi connectivity index (χ1) is 15.8. The maximum Gasteiger partial charge on any atom is 0.197 e. The first kappa shape index (κ1) is 18.3. The van der Waals surface area contributed by atoms with Gasteiger partial charge in [0.05, 0.1) is 0 Å². The minimum Gasteiger partial charge on any atom is -0.233 e. The maximum atomic E-state index is 4.51. The Bertz CT molecular complexity index is 1430. The Balaban J connectivity index is 1.27. The van der Waals surface area contributed by atoms with Crippen molar-refractivity contribution in [1.82, 2.24) is 19.9 Å². The number of fused-ring (bicyclic) bond motifs is 2. The lowest BCUT2D eigenvalue weighted by atomic mass is 10.0. The molecule has 0 atom stereocenters. The van der Waals surface area contributed by atoms with Crippen LogP contribution in [-0.2, 0) is 0 Å². The van der Waals surface area contributed by atoms with E-state index in [2.05, 4.69) is 80.6 Å². The summed E-state index contributed by atoms with van der Waals surface area (Å²) in [7, 11) is 0. The van der Waals surface area contributed by atoms with Crippen LogP contribution < -0.4 is 0 Å². The van der Waals surface area contributed by atoms with Gasteiger partial charge in [0.2, 0.25) is 0 Å². The SMILES string of the molecule is c1ccc2cc(-c3cnc(-c4ncc(-c5ccc6ccccc6c5)cn4)nc3)ccc2c1. The quantitative estimate of drug-likeness (QED) is 0.331. The molecule has 4 heteroatoms. The van der Waals surface area contributed by atoms with E-state index in [1.807, 2.05) is 49.1 Å². The highest BCUT2D eigenvalue weighted by molar-refractivity contribution is 5.88. The summed E-state index contributed by atoms with van der Waals surface area (Å²) in [4.78, 5) is 18.1. The second-order valence-electron chi connectivity index (χ2n) is 7.71. The van der Waals surface area contributed by atoms with Crippen LogP contribution in [0.5, 0.6) is 0 Å². The molecule has 0 saturated heterocycles. The van der Waals surface area contributed by atoms with E-state index in [9.17, 15) is 0 Å². The van der Waals surface area contributed by atoms with E-state index in [1.165, 1.54) is 21.5 Å². The Morgan fingerprint density at radius 1 is 0.344 bits per heavy atom. The summed E-state index contributed by atoms with van der Waals surface area (Å²) in [5, 5.41) is 4.82. The Labute approximate surface area is 185 Å². The van der Waals surface area contributed by atoms with Crippen molar-refractivity contribution >= 4 is 21.5 Å². The molecule has 0 radical (unpaired) electrons. The lowest BCUT2D eigenvalue weighted by Crippen LogP contribution is -1.95. The van der Waals surface area contributed by atoms with Gasteiger partial charge in [0.25, 0.3) is 0 Å². The number of hydrogen-bond donors (Lipinski definition) is 0. The molecule has 0 aliphatic rings. The first-order valence-corrected chi connectivity index (χ1v) is 10.5. The summed E-state index contributed by atoms with van der Waals surface area (Å²) in [5.41, 5.74) is 4.10. The van der Waals surface area contributed by atoms with Gasteiger partial charge < -0.3 is 0 Å². The van der Waals surface area contributed by atoms with Crippen LogP contribution in [0.25, 0.3) is 55.4 Å². The fourth-order valence-electron chi connectivity index (χ4n) is 3.92. The molecule has 6 rings (SSSR count). The summed E-state index contributed by atoms with van der Waals surface area (Å²) in [5.74, 6) is 1.03. The third kappa shape index (κ3) is 3.38. The van der Waals surface area contributed by atoms with E-state index in [4.69, 9.17) is 0 Å². The van der Waals surface area contributed by atoms with Crippen LogP contribution >= 0.6 is 0 Å². The van der Waals surface area contributed by atoms with E-state index < -0.39 is 0 Å². The number of benzene rings is 4. The molecule has 6 aromatic rings. The highest BCUT2D eigenvalue weighted by Gasteiger charge is 2.08. The predicted octanol–water partition coefficient (Wildman–Crippen LogP) is 6.57. The molecule has 2 heterocycles. The zero-order chi connectivity index (χ0) is 21.3. The van der Waals surface area contributed by atoms with E-state index in [0.717, 1.165) is 22.3 Å². The maximum absolute atomic E-state index is 4.51. The highest BCUT2D eigenvalue weighted by atomic mass is 15.0. The number of aromatic nitrogens is 4. The van der Waals surface area contributed by atoms with Gasteiger partial charge in [-0.2, -0.15) is 0 Å². The highest BCUT2D eigenvalue weighted by Crippen LogP contribution is 2.26. The molecule has 0 fully saturated rings. The lowest BCUT2D eigenvalue weighted by Gasteiger charge is -2.06. The van der Waals surface area contributed by atoms with E-state index in [1.54, 1.807) is 0 Å². The topological polar surface area (TPSA) is 51.6 Å². The molecule has 150 valence electrons. The van der Waals surface area contributed by atoms with Gasteiger partial charge in [-0.05, 0) is 44.8 Å². The van der Waals surface area contributed by atoms with Gasteiger partial charge in [-0.25, -0.2) is 19.9 Å². The minimum absolute atomic E-state index is 0.514. The average molecular weight is 410 g/mol. The molecule has 2 aromatic heterocycles. The summed E-state index contributed by atoms with van der Waals surface area (Å²) in [6.07, 6.45) is 7.31. The summed E-state index contributed by atoms with van der Waals surface area (Å²) in [6.45, 7) is 0. The fraction of sp³-hybridized carbons (Fsp3) is 0. The normalized spacial score (nSPS) is 11.1. The van der Waals surface area contributed by atoms with Crippen molar-refractivity contribution in [3.05, 3.63) is 110 Å². The van der Waals surface area contributed by atoms with Gasteiger partial charge in [-0.1, -0.05) is 72.8 Å². The zero-order valence-corrected chi connectivity index (χ0v) is 17.2. The zero-order valence-electron chi connectivity index (χ0n) is 17.2. The van der Waals surface area contributed by atoms with Gasteiger partial charge in [0, 0.05) is 35.9 Å². The molecule has 4 aromatic carbocycles. The van der Waals surface area contributed by atoms with E-state index in [0.29, 0.717) is 11.6 Å². The Kier molecular flexibility index (Phi) is 4.40. The molecular weight excluding hydrogens is 392 g/mol. The van der Waals surface area contributed by atoms with Gasteiger partial charge >= 0.3 is 0 Å². The van der Waals surface area contributed by atoms with Crippen LogP contribution in [0, 0.1) is 0 Å². The van der Waals surface area contributed by atoms with Crippen molar-refractivity contribution in [2.24, 2.45) is 0 Å². The van der Waals surface area contributed by atoms with Crippen LogP contribution in [0.15, 0.2) is 110 Å². The summed E-state index contributed by atoms with van der Waals surface area (Å²) >= 11 is 0. The van der Waals surface area contributed by atoms with Gasteiger partial charge in [-0.15, -0.1) is 0 Å². The van der Waals surface area contributed by atoms with Crippen molar-refractivity contribution in [2.75, 3.05) is 0 Å². The van der Waals surface area contributed by atoms with Gasteiger partial charge in [-0.3, -0.25) is 0 Å². The Morgan fingerprint density at radius 3 is 1.12 bits per heavy atom. The van der Waals surface area contributed by atoms with Crippen molar-refractivity contribution in [3.63, 3.8) is 0 Å². The van der Waals surface area contributed by atoms with Crippen molar-refractivity contribution in [2.45, 2.75) is 0 Å². The van der Waals surface area contributed by atoms with Gasteiger partial charge in [0.1, 0.15) is 0 Å². The molecule has 0 bridgehead atoms. The van der Waals surface area contributed by atoms with Crippen LogP contribution in [0.4, 0.5) is 0 Å². The number of nitrogens with zero attached hydrogens (tertiary/aromatic N) is 4. The molecule has 0 spiro atoms. The smallest absolute Gasteiger partial charge is 0.197 e. The Morgan fingerprint density at radius 2 is 0.719 bits per heavy atom. The lowest BCUT2D eigenvalue weighted by molar-refractivity contribution is 1.08. The molecule has 32 heavy (non-hydrogen) atoms. The van der Waals surface area contributed by atoms with E-state index in [-0.39, 0.29) is 0 Å². The summed E-state index contributed by atoms with van der Waals surface area (Å²) < 4.78 is 0. The molecule has 0 aliphatic carbocycles. The molecule has 0 amide bonds. The first-order valence-electron chi connectivity index (χ1n) is 10.5. The number of rotatable bonds is 3. The molecule has 4 nitrogen and oxygen atoms in total. The molecule has 0 unspecified atom stereocenters. The standard InChI is InChI=1S/C28H18N4/c1-3-7-21-13-23(11-9-19(21)5-1)25-15-29-27(30-16-25)28-31-17-26(18-32-28)24-12-10-20-6-2-4-8-22(20)14-24/h1-18H. The largest absolute Gasteiger partial charge is 0.233 e. The van der Waals surface area contributed by atoms with Crippen LogP contribution in [0.2, 0.25) is 0 Å². The van der Waals surface area contributed by atoms with Crippen molar-refractivity contribution in [1.29, 1.82) is 0 Å². The third-order valence-electron chi connectivity index (χ3n) is 5.67. The summed E-state index contributed by atoms with van der Waals surface area (Å²) in [6, 6.07) is 29.4. The number of hydrogen-bond acceptors (Lipinski definition) is 4. The third-order valence-corrected chi connectivity index (χ3v) is 5.67. The molecule has 0 aliphatic heterocycles. The minimum atomic E-state index is 0.514. The second-order valence-corrected chi connectivity index (χ2v) is 7.71. The van der Waals surface area contributed by atoms with E-state index >= 15 is 0 Å². The Hall–Kier alpha value is -4.44. The van der Waals surface area contributed by atoms with Crippen LogP contribution in [-0.4, -0.2) is 19.9 Å². The van der Waals surface area contributed by atoms with Crippen LogP contribution in [0.3, 0.4) is 0 Å².